The van der Waals surface area contributed by atoms with Crippen LogP contribution < -0.4 is 21.9 Å². The first-order chi connectivity index (χ1) is 15.8. The predicted molar refractivity (Wildman–Crippen MR) is 118 cm³/mol. The number of aromatic amines is 1. The monoisotopic (exact) mass is 453 g/mol. The number of aromatic nitrogens is 4. The second-order valence-electron chi connectivity index (χ2n) is 7.26. The summed E-state index contributed by atoms with van der Waals surface area (Å²) >= 11 is 0. The Bertz CT molecular complexity index is 1240. The number of nitrogens with zero attached hydrogens (tertiary/aromatic N) is 3. The number of nitrogens with one attached hydrogen (secondary N) is 3. The fourth-order valence-electron chi connectivity index (χ4n) is 3.09. The zero-order chi connectivity index (χ0) is 24.0. The number of fused-ring (bicyclic) bond motifs is 1. The lowest BCUT2D eigenvalue weighted by Crippen LogP contribution is -2.41. The summed E-state index contributed by atoms with van der Waals surface area (Å²) < 4.78 is 0. The molecule has 2 amide bonds. The fourth-order valence-corrected chi connectivity index (χ4v) is 3.09. The van der Waals surface area contributed by atoms with Crippen molar-refractivity contribution in [3.63, 3.8) is 0 Å². The maximum atomic E-state index is 12.4. The van der Waals surface area contributed by atoms with E-state index in [2.05, 4.69) is 30.6 Å². The molecule has 0 radical (unpaired) electrons. The molecule has 0 bridgehead atoms. The molecule has 0 spiro atoms. The average molecular weight is 453 g/mol. The van der Waals surface area contributed by atoms with Gasteiger partial charge in [-0.1, -0.05) is 12.1 Å². The van der Waals surface area contributed by atoms with Gasteiger partial charge in [-0.25, -0.2) is 14.8 Å². The van der Waals surface area contributed by atoms with E-state index >= 15 is 0 Å². The molecule has 1 aromatic carbocycles. The van der Waals surface area contributed by atoms with Crippen LogP contribution in [0.4, 0.5) is 5.95 Å². The van der Waals surface area contributed by atoms with Crippen molar-refractivity contribution >= 4 is 34.9 Å². The van der Waals surface area contributed by atoms with Crippen LogP contribution in [0.2, 0.25) is 0 Å². The molecule has 172 valence electrons. The third-order valence-electron chi connectivity index (χ3n) is 4.91. The van der Waals surface area contributed by atoms with Gasteiger partial charge < -0.3 is 21.5 Å². The number of H-pyrrole nitrogens is 1. The minimum Gasteiger partial charge on any atom is -0.480 e. The third-order valence-corrected chi connectivity index (χ3v) is 4.91. The van der Waals surface area contributed by atoms with Crippen LogP contribution in [0.25, 0.3) is 11.2 Å². The largest absolute Gasteiger partial charge is 0.480 e. The summed E-state index contributed by atoms with van der Waals surface area (Å²) in [6, 6.07) is 5.50. The lowest BCUT2D eigenvalue weighted by atomic mass is 10.1. The first-order valence-electron chi connectivity index (χ1n) is 10.1. The number of carbonyl (C=O) groups is 3. The standard InChI is InChI=1S/C21H23N7O5/c1-23-15(29)9-8-14(20(32)33)26-18(30)12-5-2-11(3-6-12)4-7-13-10-24-17-16(25-13)19(31)28-21(22)27-17/h2-3,5-6,10,14H,4,7-9H2,1H3,(H,23,29)(H,26,30)(H,32,33)(H3,22,24,27,28,31)/t14-/m0/s1. The van der Waals surface area contributed by atoms with Crippen LogP contribution in [0, 0.1) is 0 Å². The number of anilines is 1. The van der Waals surface area contributed by atoms with Crippen LogP contribution >= 0.6 is 0 Å². The van der Waals surface area contributed by atoms with Gasteiger partial charge in [0, 0.05) is 19.0 Å². The first kappa shape index (κ1) is 23.3. The molecule has 0 aliphatic heterocycles. The number of carboxylic acids is 1. The molecular weight excluding hydrogens is 430 g/mol. The van der Waals surface area contributed by atoms with Crippen molar-refractivity contribution < 1.29 is 19.5 Å². The van der Waals surface area contributed by atoms with Crippen molar-refractivity contribution in [2.24, 2.45) is 0 Å². The van der Waals surface area contributed by atoms with Crippen LogP contribution in [-0.2, 0) is 22.4 Å². The Hall–Kier alpha value is -4.35. The third kappa shape index (κ3) is 6.09. The topological polar surface area (TPSA) is 193 Å². The molecule has 0 saturated carbocycles. The van der Waals surface area contributed by atoms with E-state index in [0.29, 0.717) is 24.1 Å². The number of carboxylic acid groups (broad SMARTS) is 1. The van der Waals surface area contributed by atoms with Gasteiger partial charge in [0.05, 0.1) is 11.9 Å². The molecule has 3 aromatic rings. The van der Waals surface area contributed by atoms with Crippen LogP contribution in [0.15, 0.2) is 35.3 Å². The predicted octanol–water partition coefficient (Wildman–Crippen LogP) is -0.210. The molecule has 2 aromatic heterocycles. The highest BCUT2D eigenvalue weighted by atomic mass is 16.4. The summed E-state index contributed by atoms with van der Waals surface area (Å²) in [6.45, 7) is 0. The number of benzene rings is 1. The van der Waals surface area contributed by atoms with E-state index < -0.39 is 23.5 Å². The maximum Gasteiger partial charge on any atom is 0.326 e. The van der Waals surface area contributed by atoms with Crippen molar-refractivity contribution in [1.82, 2.24) is 30.6 Å². The SMILES string of the molecule is CNC(=O)CC[C@H](NC(=O)c1ccc(CCc2cnc3nc(N)[nH]c(=O)c3n2)cc1)C(=O)O. The number of nitrogen functional groups attached to an aromatic ring is 1. The number of amides is 2. The second-order valence-corrected chi connectivity index (χ2v) is 7.26. The van der Waals surface area contributed by atoms with Gasteiger partial charge in [0.2, 0.25) is 11.9 Å². The van der Waals surface area contributed by atoms with Gasteiger partial charge in [-0.15, -0.1) is 0 Å². The lowest BCUT2D eigenvalue weighted by Gasteiger charge is -2.14. The molecule has 33 heavy (non-hydrogen) atoms. The zero-order valence-electron chi connectivity index (χ0n) is 17.8. The summed E-state index contributed by atoms with van der Waals surface area (Å²) in [5.41, 5.74) is 7.12. The Morgan fingerprint density at radius 1 is 1.15 bits per heavy atom. The van der Waals surface area contributed by atoms with Gasteiger partial charge in [0.1, 0.15) is 6.04 Å². The van der Waals surface area contributed by atoms with E-state index in [1.165, 1.54) is 13.2 Å². The van der Waals surface area contributed by atoms with Crippen LogP contribution in [0.3, 0.4) is 0 Å². The molecule has 12 heteroatoms. The molecule has 0 unspecified atom stereocenters. The summed E-state index contributed by atoms with van der Waals surface area (Å²) in [6.07, 6.45) is 2.57. The van der Waals surface area contributed by atoms with E-state index in [1.807, 2.05) is 0 Å². The van der Waals surface area contributed by atoms with Gasteiger partial charge in [0.15, 0.2) is 11.2 Å². The van der Waals surface area contributed by atoms with Crippen LogP contribution in [0.5, 0.6) is 0 Å². The quantitative estimate of drug-likeness (QED) is 0.291. The summed E-state index contributed by atoms with van der Waals surface area (Å²) in [5, 5.41) is 14.1. The molecule has 6 N–H and O–H groups in total. The Labute approximate surface area is 187 Å². The number of aryl methyl sites for hydroxylation is 2. The summed E-state index contributed by atoms with van der Waals surface area (Å²) in [4.78, 5) is 61.8. The average Bonchev–Trinajstić information content (AvgIpc) is 2.80. The van der Waals surface area contributed by atoms with Gasteiger partial charge in [-0.2, -0.15) is 4.98 Å². The highest BCUT2D eigenvalue weighted by Crippen LogP contribution is 2.10. The maximum absolute atomic E-state index is 12.4. The summed E-state index contributed by atoms with van der Waals surface area (Å²) in [7, 11) is 1.46. The molecule has 2 heterocycles. The number of nitrogens with two attached hydrogens (primary N) is 1. The number of rotatable bonds is 9. The van der Waals surface area contributed by atoms with Crippen LogP contribution in [0.1, 0.15) is 34.5 Å². The van der Waals surface area contributed by atoms with Gasteiger partial charge in [0.25, 0.3) is 11.5 Å². The van der Waals surface area contributed by atoms with Crippen molar-refractivity contribution in [3.8, 4) is 0 Å². The molecular formula is C21H23N7O5. The Morgan fingerprint density at radius 3 is 2.55 bits per heavy atom. The molecule has 0 fully saturated rings. The van der Waals surface area contributed by atoms with E-state index in [4.69, 9.17) is 5.73 Å². The molecule has 12 nitrogen and oxygen atoms in total. The van der Waals surface area contributed by atoms with E-state index in [1.54, 1.807) is 24.3 Å². The number of hydrogen-bond acceptors (Lipinski definition) is 8. The normalized spacial score (nSPS) is 11.7. The van der Waals surface area contributed by atoms with E-state index in [0.717, 1.165) is 5.56 Å². The van der Waals surface area contributed by atoms with E-state index in [9.17, 15) is 24.3 Å². The molecule has 1 atom stereocenters. The van der Waals surface area contributed by atoms with Gasteiger partial charge in [-0.3, -0.25) is 19.4 Å². The number of aliphatic carboxylic acids is 1. The zero-order valence-corrected chi connectivity index (χ0v) is 17.8. The van der Waals surface area contributed by atoms with Crippen LogP contribution in [-0.4, -0.2) is 55.9 Å². The molecule has 0 saturated heterocycles. The smallest absolute Gasteiger partial charge is 0.326 e. The number of carbonyl (C=O) groups excluding carboxylic acids is 2. The minimum absolute atomic E-state index is 0.0142. The number of hydrogen-bond donors (Lipinski definition) is 5. The highest BCUT2D eigenvalue weighted by Gasteiger charge is 2.21. The molecule has 0 aliphatic rings. The van der Waals surface area contributed by atoms with Gasteiger partial charge in [-0.05, 0) is 37.0 Å². The Balaban J connectivity index is 1.61. The molecule has 0 aliphatic carbocycles. The van der Waals surface area contributed by atoms with Crippen molar-refractivity contribution in [2.45, 2.75) is 31.7 Å². The van der Waals surface area contributed by atoms with Crippen molar-refractivity contribution in [3.05, 3.63) is 57.6 Å². The molecule has 3 rings (SSSR count). The highest BCUT2D eigenvalue weighted by molar-refractivity contribution is 5.96. The lowest BCUT2D eigenvalue weighted by molar-refractivity contribution is -0.139. The van der Waals surface area contributed by atoms with Crippen molar-refractivity contribution in [1.29, 1.82) is 0 Å². The van der Waals surface area contributed by atoms with Crippen molar-refractivity contribution in [2.75, 3.05) is 12.8 Å². The second kappa shape index (κ2) is 10.3. The summed E-state index contributed by atoms with van der Waals surface area (Å²) in [5.74, 6) is -2.09. The minimum atomic E-state index is -1.21. The van der Waals surface area contributed by atoms with E-state index in [-0.39, 0.29) is 35.9 Å². The first-order valence-corrected chi connectivity index (χ1v) is 10.1. The Kier molecular flexibility index (Phi) is 7.28. The van der Waals surface area contributed by atoms with Gasteiger partial charge >= 0.3 is 5.97 Å². The fraction of sp³-hybridized carbons (Fsp3) is 0.286. The Morgan fingerprint density at radius 2 is 1.88 bits per heavy atom.